The monoisotopic (exact) mass is 340 g/mol. The van der Waals surface area contributed by atoms with Crippen LogP contribution in [0.2, 0.25) is 0 Å². The minimum absolute atomic E-state index is 0.587. The van der Waals surface area contributed by atoms with Crippen LogP contribution in [0.15, 0.2) is 66.7 Å². The van der Waals surface area contributed by atoms with E-state index in [1.807, 2.05) is 18.2 Å². The van der Waals surface area contributed by atoms with Gasteiger partial charge in [-0.25, -0.2) is 0 Å². The second kappa shape index (κ2) is 7.88. The van der Waals surface area contributed by atoms with E-state index in [1.165, 1.54) is 0 Å². The van der Waals surface area contributed by atoms with Crippen molar-refractivity contribution in [3.8, 4) is 35.1 Å². The zero-order valence-corrected chi connectivity index (χ0v) is 14.3. The van der Waals surface area contributed by atoms with Gasteiger partial charge in [-0.05, 0) is 66.6 Å². The third-order valence-corrected chi connectivity index (χ3v) is 3.85. The Morgan fingerprint density at radius 3 is 1.69 bits per heavy atom. The molecule has 0 spiro atoms. The SMILES string of the molecule is CCc1ccc(Oc2ccc(C#N)cc2)cc1Oc1ccc(C#N)cc1. The number of hydrogen-bond acceptors (Lipinski definition) is 4. The van der Waals surface area contributed by atoms with Gasteiger partial charge in [-0.2, -0.15) is 10.5 Å². The van der Waals surface area contributed by atoms with Gasteiger partial charge < -0.3 is 9.47 Å². The van der Waals surface area contributed by atoms with Crippen LogP contribution in [0.3, 0.4) is 0 Å². The largest absolute Gasteiger partial charge is 0.457 e. The predicted octanol–water partition coefficient (Wildman–Crippen LogP) is 5.58. The van der Waals surface area contributed by atoms with E-state index in [0.717, 1.165) is 12.0 Å². The first kappa shape index (κ1) is 17.1. The first-order valence-electron chi connectivity index (χ1n) is 8.21. The summed E-state index contributed by atoms with van der Waals surface area (Å²) in [5.41, 5.74) is 2.23. The maximum atomic E-state index is 8.88. The van der Waals surface area contributed by atoms with Crippen LogP contribution < -0.4 is 9.47 Å². The lowest BCUT2D eigenvalue weighted by Crippen LogP contribution is -1.92. The van der Waals surface area contributed by atoms with Crippen molar-refractivity contribution < 1.29 is 9.47 Å². The lowest BCUT2D eigenvalue weighted by Gasteiger charge is -2.13. The van der Waals surface area contributed by atoms with Crippen LogP contribution in [-0.4, -0.2) is 0 Å². The van der Waals surface area contributed by atoms with Crippen molar-refractivity contribution >= 4 is 0 Å². The number of ether oxygens (including phenoxy) is 2. The summed E-state index contributed by atoms with van der Waals surface area (Å²) >= 11 is 0. The average Bonchev–Trinajstić information content (AvgIpc) is 2.69. The zero-order valence-electron chi connectivity index (χ0n) is 14.3. The molecule has 0 amide bonds. The standard InChI is InChI=1S/C22H16N2O2/c1-2-18-7-12-21(25-19-8-3-16(14-23)4-9-19)13-22(18)26-20-10-5-17(15-24)6-11-20/h3-13H,2H2,1H3. The molecule has 126 valence electrons. The molecule has 0 saturated carbocycles. The summed E-state index contributed by atoms with van der Waals surface area (Å²) in [6, 6.07) is 23.8. The Kier molecular flexibility index (Phi) is 5.17. The van der Waals surface area contributed by atoms with Gasteiger partial charge in [0.2, 0.25) is 0 Å². The van der Waals surface area contributed by atoms with Crippen LogP contribution in [0.4, 0.5) is 0 Å². The average molecular weight is 340 g/mol. The second-order valence-electron chi connectivity index (χ2n) is 5.60. The number of aryl methyl sites for hydroxylation is 1. The third kappa shape index (κ3) is 4.01. The molecule has 3 rings (SSSR count). The topological polar surface area (TPSA) is 66.0 Å². The van der Waals surface area contributed by atoms with Crippen molar-refractivity contribution in [2.75, 3.05) is 0 Å². The molecule has 0 aromatic heterocycles. The molecule has 26 heavy (non-hydrogen) atoms. The van der Waals surface area contributed by atoms with E-state index in [0.29, 0.717) is 34.1 Å². The highest BCUT2D eigenvalue weighted by molar-refractivity contribution is 5.46. The molecule has 0 bridgehead atoms. The Hall–Kier alpha value is -3.76. The molecule has 0 atom stereocenters. The highest BCUT2D eigenvalue weighted by Crippen LogP contribution is 2.32. The van der Waals surface area contributed by atoms with Gasteiger partial charge in [-0.15, -0.1) is 0 Å². The van der Waals surface area contributed by atoms with Gasteiger partial charge in [0.15, 0.2) is 0 Å². The zero-order chi connectivity index (χ0) is 18.4. The van der Waals surface area contributed by atoms with Gasteiger partial charge in [0.05, 0.1) is 23.3 Å². The minimum atomic E-state index is 0.587. The minimum Gasteiger partial charge on any atom is -0.457 e. The summed E-state index contributed by atoms with van der Waals surface area (Å²) < 4.78 is 11.8. The van der Waals surface area contributed by atoms with E-state index >= 15 is 0 Å². The molecule has 0 heterocycles. The van der Waals surface area contributed by atoms with Crippen LogP contribution in [0.25, 0.3) is 0 Å². The molecular weight excluding hydrogens is 324 g/mol. The third-order valence-electron chi connectivity index (χ3n) is 3.85. The van der Waals surface area contributed by atoms with Gasteiger partial charge in [0.25, 0.3) is 0 Å². The lowest BCUT2D eigenvalue weighted by molar-refractivity contribution is 0.456. The Labute approximate surface area is 152 Å². The van der Waals surface area contributed by atoms with E-state index in [2.05, 4.69) is 19.1 Å². The second-order valence-corrected chi connectivity index (χ2v) is 5.60. The van der Waals surface area contributed by atoms with Crippen molar-refractivity contribution in [1.29, 1.82) is 10.5 Å². The van der Waals surface area contributed by atoms with Gasteiger partial charge in [0.1, 0.15) is 23.0 Å². The van der Waals surface area contributed by atoms with E-state index in [1.54, 1.807) is 48.5 Å². The maximum absolute atomic E-state index is 8.88. The molecule has 4 heteroatoms. The molecule has 0 aliphatic heterocycles. The highest BCUT2D eigenvalue weighted by atomic mass is 16.5. The van der Waals surface area contributed by atoms with E-state index in [9.17, 15) is 0 Å². The fraction of sp³-hybridized carbons (Fsp3) is 0.0909. The lowest BCUT2D eigenvalue weighted by atomic mass is 10.1. The molecule has 0 N–H and O–H groups in total. The Morgan fingerprint density at radius 2 is 1.19 bits per heavy atom. The molecule has 3 aromatic carbocycles. The summed E-state index contributed by atoms with van der Waals surface area (Å²) in [4.78, 5) is 0. The van der Waals surface area contributed by atoms with Gasteiger partial charge >= 0.3 is 0 Å². The molecule has 0 aliphatic carbocycles. The normalized spacial score (nSPS) is 9.81. The molecule has 0 fully saturated rings. The van der Waals surface area contributed by atoms with Crippen LogP contribution >= 0.6 is 0 Å². The molecule has 0 unspecified atom stereocenters. The number of benzene rings is 3. The summed E-state index contributed by atoms with van der Waals surface area (Å²) in [5.74, 6) is 2.67. The number of nitrogens with zero attached hydrogens (tertiary/aromatic N) is 2. The van der Waals surface area contributed by atoms with E-state index in [-0.39, 0.29) is 0 Å². The van der Waals surface area contributed by atoms with Crippen LogP contribution in [0, 0.1) is 22.7 Å². The fourth-order valence-electron chi connectivity index (χ4n) is 2.44. The van der Waals surface area contributed by atoms with Crippen LogP contribution in [0.5, 0.6) is 23.0 Å². The number of rotatable bonds is 5. The summed E-state index contributed by atoms with van der Waals surface area (Å²) in [6.07, 6.45) is 0.822. The summed E-state index contributed by atoms with van der Waals surface area (Å²) in [6.45, 7) is 2.06. The Morgan fingerprint density at radius 1 is 0.692 bits per heavy atom. The first-order valence-corrected chi connectivity index (χ1v) is 8.21. The maximum Gasteiger partial charge on any atom is 0.134 e. The fourth-order valence-corrected chi connectivity index (χ4v) is 2.44. The van der Waals surface area contributed by atoms with E-state index < -0.39 is 0 Å². The van der Waals surface area contributed by atoms with Crippen molar-refractivity contribution in [3.05, 3.63) is 83.4 Å². The van der Waals surface area contributed by atoms with Crippen molar-refractivity contribution in [2.45, 2.75) is 13.3 Å². The Balaban J connectivity index is 1.83. The summed E-state index contributed by atoms with van der Waals surface area (Å²) in [5, 5.41) is 17.7. The van der Waals surface area contributed by atoms with Gasteiger partial charge in [0, 0.05) is 6.07 Å². The number of hydrogen-bond donors (Lipinski definition) is 0. The molecule has 0 saturated heterocycles. The van der Waals surface area contributed by atoms with Gasteiger partial charge in [-0.3, -0.25) is 0 Å². The van der Waals surface area contributed by atoms with Crippen LogP contribution in [-0.2, 0) is 6.42 Å². The van der Waals surface area contributed by atoms with Gasteiger partial charge in [-0.1, -0.05) is 13.0 Å². The van der Waals surface area contributed by atoms with Crippen molar-refractivity contribution in [1.82, 2.24) is 0 Å². The molecular formula is C22H16N2O2. The summed E-state index contributed by atoms with van der Waals surface area (Å²) in [7, 11) is 0. The van der Waals surface area contributed by atoms with Crippen molar-refractivity contribution in [3.63, 3.8) is 0 Å². The molecule has 4 nitrogen and oxygen atoms in total. The van der Waals surface area contributed by atoms with Crippen LogP contribution in [0.1, 0.15) is 23.6 Å². The highest BCUT2D eigenvalue weighted by Gasteiger charge is 2.08. The molecule has 0 radical (unpaired) electrons. The molecule has 3 aromatic rings. The predicted molar refractivity (Wildman–Crippen MR) is 98.3 cm³/mol. The van der Waals surface area contributed by atoms with Crippen molar-refractivity contribution in [2.24, 2.45) is 0 Å². The smallest absolute Gasteiger partial charge is 0.134 e. The number of nitriles is 2. The quantitative estimate of drug-likeness (QED) is 0.608. The van der Waals surface area contributed by atoms with E-state index in [4.69, 9.17) is 20.0 Å². The Bertz CT molecular complexity index is 979. The first-order chi connectivity index (χ1) is 12.7. The molecule has 0 aliphatic rings.